The lowest BCUT2D eigenvalue weighted by Gasteiger charge is -2.12. The number of amides is 1. The largest absolute Gasteiger partial charge is 0.494 e. The fourth-order valence-corrected chi connectivity index (χ4v) is 2.61. The van der Waals surface area contributed by atoms with Crippen molar-refractivity contribution in [2.24, 2.45) is 5.84 Å². The van der Waals surface area contributed by atoms with Crippen LogP contribution >= 0.6 is 0 Å². The number of aromatic nitrogens is 2. The summed E-state index contributed by atoms with van der Waals surface area (Å²) in [6, 6.07) is 15.7. The number of rotatable bonds is 7. The molecule has 0 unspecified atom stereocenters. The molecule has 148 valence electrons. The number of nitrogens with zero attached hydrogens (tertiary/aromatic N) is 2. The average molecular weight is 383 g/mol. The second-order valence-electron chi connectivity index (χ2n) is 5.69. The Balaban J connectivity index is 0.000000640. The van der Waals surface area contributed by atoms with Gasteiger partial charge < -0.3 is 14.8 Å². The molecule has 3 rings (SSSR count). The Kier molecular flexibility index (Phi) is 7.86. The van der Waals surface area contributed by atoms with Crippen molar-refractivity contribution in [3.05, 3.63) is 65.9 Å². The molecule has 0 saturated heterocycles. The number of ether oxygens (including phenoxy) is 2. The third-order valence-electron chi connectivity index (χ3n) is 4.01. The van der Waals surface area contributed by atoms with E-state index in [-0.39, 0.29) is 0 Å². The van der Waals surface area contributed by atoms with Crippen molar-refractivity contribution in [3.63, 3.8) is 0 Å². The SMILES string of the molecule is CNc1cccc(C)c1COc1ccn(-c2ccccc2OC)n1.NNC=O. The molecule has 0 saturated carbocycles. The minimum Gasteiger partial charge on any atom is -0.494 e. The Morgan fingerprint density at radius 1 is 1.18 bits per heavy atom. The van der Waals surface area contributed by atoms with Crippen LogP contribution in [0.2, 0.25) is 0 Å². The van der Waals surface area contributed by atoms with Crippen molar-refractivity contribution in [2.75, 3.05) is 19.5 Å². The van der Waals surface area contributed by atoms with E-state index in [2.05, 4.69) is 29.2 Å². The lowest BCUT2D eigenvalue weighted by molar-refractivity contribution is -0.109. The molecule has 1 heterocycles. The summed E-state index contributed by atoms with van der Waals surface area (Å²) in [7, 11) is 3.56. The lowest BCUT2D eigenvalue weighted by atomic mass is 10.1. The maximum atomic E-state index is 8.94. The predicted octanol–water partition coefficient (Wildman–Crippen LogP) is 2.42. The maximum Gasteiger partial charge on any atom is 0.233 e. The van der Waals surface area contributed by atoms with Gasteiger partial charge in [-0.3, -0.25) is 10.2 Å². The number of benzene rings is 2. The molecule has 0 fully saturated rings. The first kappa shape index (κ1) is 20.8. The fourth-order valence-electron chi connectivity index (χ4n) is 2.61. The first-order valence-electron chi connectivity index (χ1n) is 8.62. The Morgan fingerprint density at radius 2 is 1.93 bits per heavy atom. The van der Waals surface area contributed by atoms with Crippen LogP contribution in [0.25, 0.3) is 5.69 Å². The van der Waals surface area contributed by atoms with Crippen molar-refractivity contribution >= 4 is 12.1 Å². The van der Waals surface area contributed by atoms with Gasteiger partial charge in [-0.25, -0.2) is 10.5 Å². The zero-order valence-electron chi connectivity index (χ0n) is 16.2. The Hall–Kier alpha value is -3.52. The van der Waals surface area contributed by atoms with Crippen LogP contribution in [0, 0.1) is 6.92 Å². The quantitative estimate of drug-likeness (QED) is 0.251. The zero-order valence-corrected chi connectivity index (χ0v) is 16.2. The highest BCUT2D eigenvalue weighted by molar-refractivity contribution is 5.54. The average Bonchev–Trinajstić information content (AvgIpc) is 3.21. The molecule has 8 heteroatoms. The van der Waals surface area contributed by atoms with Crippen molar-refractivity contribution < 1.29 is 14.3 Å². The first-order valence-corrected chi connectivity index (χ1v) is 8.62. The molecule has 0 aliphatic carbocycles. The number of carbonyl (C=O) groups excluding carboxylic acids is 1. The lowest BCUT2D eigenvalue weighted by Crippen LogP contribution is -2.18. The molecular weight excluding hydrogens is 358 g/mol. The van der Waals surface area contributed by atoms with Crippen LogP contribution in [0.1, 0.15) is 11.1 Å². The molecule has 0 bridgehead atoms. The zero-order chi connectivity index (χ0) is 20.4. The van der Waals surface area contributed by atoms with Crippen LogP contribution in [0.15, 0.2) is 54.7 Å². The van der Waals surface area contributed by atoms with Gasteiger partial charge in [0.15, 0.2) is 0 Å². The van der Waals surface area contributed by atoms with Gasteiger partial charge in [0.1, 0.15) is 18.0 Å². The topological polar surface area (TPSA) is 103 Å². The number of carbonyl (C=O) groups is 1. The summed E-state index contributed by atoms with van der Waals surface area (Å²) < 4.78 is 13.0. The van der Waals surface area contributed by atoms with E-state index in [1.807, 2.05) is 55.7 Å². The van der Waals surface area contributed by atoms with E-state index in [1.54, 1.807) is 17.2 Å². The summed E-state index contributed by atoms with van der Waals surface area (Å²) in [5, 5.41) is 7.68. The van der Waals surface area contributed by atoms with Gasteiger partial charge in [0.2, 0.25) is 12.3 Å². The number of nitrogens with two attached hydrogens (primary N) is 1. The van der Waals surface area contributed by atoms with Crippen LogP contribution in [-0.2, 0) is 11.4 Å². The van der Waals surface area contributed by atoms with Gasteiger partial charge in [0, 0.05) is 30.6 Å². The molecule has 4 N–H and O–H groups in total. The number of hydrogen-bond donors (Lipinski definition) is 3. The van der Waals surface area contributed by atoms with Gasteiger partial charge in [0.05, 0.1) is 7.11 Å². The van der Waals surface area contributed by atoms with E-state index >= 15 is 0 Å². The third-order valence-corrected chi connectivity index (χ3v) is 4.01. The van der Waals surface area contributed by atoms with Gasteiger partial charge in [0.25, 0.3) is 0 Å². The predicted molar refractivity (Wildman–Crippen MR) is 109 cm³/mol. The van der Waals surface area contributed by atoms with Crippen LogP contribution in [0.5, 0.6) is 11.6 Å². The normalized spacial score (nSPS) is 9.71. The number of methoxy groups -OCH3 is 1. The highest BCUT2D eigenvalue weighted by Crippen LogP contribution is 2.24. The Morgan fingerprint density at radius 3 is 2.61 bits per heavy atom. The summed E-state index contributed by atoms with van der Waals surface area (Å²) in [6.07, 6.45) is 2.27. The van der Waals surface area contributed by atoms with Gasteiger partial charge in [-0.05, 0) is 30.7 Å². The minimum atomic E-state index is 0.403. The molecule has 1 amide bonds. The van der Waals surface area contributed by atoms with E-state index in [9.17, 15) is 0 Å². The van der Waals surface area contributed by atoms with E-state index in [1.165, 1.54) is 5.56 Å². The monoisotopic (exact) mass is 383 g/mol. The summed E-state index contributed by atoms with van der Waals surface area (Å²) in [5.41, 5.74) is 6.01. The summed E-state index contributed by atoms with van der Waals surface area (Å²) in [6.45, 7) is 2.54. The Labute approximate surface area is 164 Å². The first-order chi connectivity index (χ1) is 13.6. The number of hydrogen-bond acceptors (Lipinski definition) is 6. The number of anilines is 1. The van der Waals surface area contributed by atoms with Crippen LogP contribution in [0.3, 0.4) is 0 Å². The molecule has 2 aromatic carbocycles. The molecule has 0 spiro atoms. The van der Waals surface area contributed by atoms with Crippen LogP contribution in [-0.4, -0.2) is 30.3 Å². The van der Waals surface area contributed by atoms with Crippen molar-refractivity contribution in [2.45, 2.75) is 13.5 Å². The molecule has 0 radical (unpaired) electrons. The highest BCUT2D eigenvalue weighted by atomic mass is 16.5. The standard InChI is InChI=1S/C19H21N3O2.CH4N2O/c1-14-7-6-8-16(20-2)15(14)13-24-19-11-12-22(21-19)17-9-4-5-10-18(17)23-3;2-3-1-4/h4-12,20H,13H2,1-3H3;1H,2H2,(H,3,4). The molecule has 28 heavy (non-hydrogen) atoms. The summed E-state index contributed by atoms with van der Waals surface area (Å²) >= 11 is 0. The minimum absolute atomic E-state index is 0.403. The number of hydrazine groups is 1. The Bertz CT molecular complexity index is 895. The molecule has 1 aromatic heterocycles. The van der Waals surface area contributed by atoms with E-state index in [0.717, 1.165) is 22.7 Å². The van der Waals surface area contributed by atoms with E-state index in [0.29, 0.717) is 18.9 Å². The molecule has 0 aliphatic rings. The second-order valence-corrected chi connectivity index (χ2v) is 5.69. The van der Waals surface area contributed by atoms with E-state index in [4.69, 9.17) is 14.3 Å². The van der Waals surface area contributed by atoms with Crippen LogP contribution < -0.4 is 26.1 Å². The van der Waals surface area contributed by atoms with Crippen molar-refractivity contribution in [1.29, 1.82) is 0 Å². The van der Waals surface area contributed by atoms with Gasteiger partial charge in [-0.1, -0.05) is 24.3 Å². The maximum absolute atomic E-state index is 8.94. The molecule has 0 aliphatic heterocycles. The number of aryl methyl sites for hydroxylation is 1. The van der Waals surface area contributed by atoms with Crippen molar-refractivity contribution in [3.8, 4) is 17.3 Å². The molecule has 8 nitrogen and oxygen atoms in total. The van der Waals surface area contributed by atoms with Gasteiger partial charge in [-0.2, -0.15) is 0 Å². The third kappa shape index (κ3) is 5.24. The van der Waals surface area contributed by atoms with Crippen molar-refractivity contribution in [1.82, 2.24) is 15.2 Å². The fraction of sp³-hybridized carbons (Fsp3) is 0.200. The smallest absolute Gasteiger partial charge is 0.233 e. The van der Waals surface area contributed by atoms with Gasteiger partial charge >= 0.3 is 0 Å². The molecular formula is C20H25N5O3. The van der Waals surface area contributed by atoms with Crippen LogP contribution in [0.4, 0.5) is 5.69 Å². The van der Waals surface area contributed by atoms with Gasteiger partial charge in [-0.15, -0.1) is 5.10 Å². The number of para-hydroxylation sites is 2. The second kappa shape index (κ2) is 10.6. The molecule has 3 aromatic rings. The summed E-state index contributed by atoms with van der Waals surface area (Å²) in [5.74, 6) is 5.75. The molecule has 0 atom stereocenters. The van der Waals surface area contributed by atoms with E-state index < -0.39 is 0 Å². The number of nitrogens with one attached hydrogen (secondary N) is 2. The summed E-state index contributed by atoms with van der Waals surface area (Å²) in [4.78, 5) is 8.94. The highest BCUT2D eigenvalue weighted by Gasteiger charge is 2.09.